The van der Waals surface area contributed by atoms with E-state index in [-0.39, 0.29) is 29.1 Å². The zero-order valence-electron chi connectivity index (χ0n) is 16.2. The molecular weight excluding hydrogens is 431 g/mol. The van der Waals surface area contributed by atoms with Crippen molar-refractivity contribution in [3.05, 3.63) is 86.2 Å². The van der Waals surface area contributed by atoms with Gasteiger partial charge in [-0.3, -0.25) is 4.79 Å². The maximum Gasteiger partial charge on any atom is 0.416 e. The molecule has 0 aliphatic carbocycles. The number of esters is 1. The first kappa shape index (κ1) is 20.9. The molecule has 0 unspecified atom stereocenters. The van der Waals surface area contributed by atoms with E-state index in [1.54, 1.807) is 31.2 Å². The summed E-state index contributed by atoms with van der Waals surface area (Å²) in [6, 6.07) is 11.6. The van der Waals surface area contributed by atoms with Crippen molar-refractivity contribution in [2.45, 2.75) is 19.0 Å². The van der Waals surface area contributed by atoms with E-state index in [4.69, 9.17) is 15.2 Å². The molecular formula is C22H16F3NO4S. The number of benzene rings is 2. The Labute approximate surface area is 178 Å². The molecule has 0 saturated carbocycles. The Morgan fingerprint density at radius 2 is 1.84 bits per heavy atom. The molecule has 5 nitrogen and oxygen atoms in total. The smallest absolute Gasteiger partial charge is 0.416 e. The molecule has 1 atom stereocenters. The van der Waals surface area contributed by atoms with Crippen LogP contribution >= 0.6 is 11.3 Å². The summed E-state index contributed by atoms with van der Waals surface area (Å²) in [5.74, 6) is -2.68. The number of hydrogen-bond acceptors (Lipinski definition) is 6. The lowest BCUT2D eigenvalue weighted by Crippen LogP contribution is -2.31. The van der Waals surface area contributed by atoms with E-state index in [1.807, 2.05) is 0 Å². The molecule has 0 radical (unpaired) electrons. The molecule has 0 amide bonds. The molecule has 0 saturated heterocycles. The predicted octanol–water partition coefficient (Wildman–Crippen LogP) is 4.54. The second-order valence-electron chi connectivity index (χ2n) is 6.75. The number of hydrogen-bond donors (Lipinski definition) is 1. The van der Waals surface area contributed by atoms with Crippen molar-refractivity contribution in [3.8, 4) is 5.75 Å². The van der Waals surface area contributed by atoms with Crippen LogP contribution in [0.25, 0.3) is 10.1 Å². The molecule has 1 aliphatic heterocycles. The first-order chi connectivity index (χ1) is 14.7. The lowest BCUT2D eigenvalue weighted by atomic mass is 9.81. The monoisotopic (exact) mass is 447 g/mol. The average Bonchev–Trinajstić information content (AvgIpc) is 2.72. The summed E-state index contributed by atoms with van der Waals surface area (Å²) in [5.41, 5.74) is 4.38. The van der Waals surface area contributed by atoms with Gasteiger partial charge in [0.1, 0.15) is 11.3 Å². The van der Waals surface area contributed by atoms with Crippen molar-refractivity contribution in [3.63, 3.8) is 0 Å². The van der Waals surface area contributed by atoms with Crippen LogP contribution in [0.3, 0.4) is 0 Å². The number of ether oxygens (including phenoxy) is 2. The Morgan fingerprint density at radius 3 is 2.55 bits per heavy atom. The van der Waals surface area contributed by atoms with Gasteiger partial charge in [0.15, 0.2) is 0 Å². The molecule has 0 spiro atoms. The summed E-state index contributed by atoms with van der Waals surface area (Å²) in [5, 5.41) is 0.516. The minimum absolute atomic E-state index is 0.0271. The molecule has 1 aliphatic rings. The van der Waals surface area contributed by atoms with Gasteiger partial charge in [-0.05, 0) is 30.7 Å². The van der Waals surface area contributed by atoms with Gasteiger partial charge in [0.2, 0.25) is 10.6 Å². The highest BCUT2D eigenvalue weighted by Gasteiger charge is 2.43. The van der Waals surface area contributed by atoms with Crippen molar-refractivity contribution < 1.29 is 27.4 Å². The molecule has 4 rings (SSSR count). The van der Waals surface area contributed by atoms with Gasteiger partial charge in [-0.1, -0.05) is 41.7 Å². The highest BCUT2D eigenvalue weighted by molar-refractivity contribution is 7.16. The van der Waals surface area contributed by atoms with Crippen molar-refractivity contribution in [2.75, 3.05) is 6.61 Å². The normalized spacial score (nSPS) is 16.1. The molecule has 2 N–H and O–H groups in total. The highest BCUT2D eigenvalue weighted by Crippen LogP contribution is 2.47. The fraction of sp³-hybridized carbons (Fsp3) is 0.182. The third-order valence-corrected chi connectivity index (χ3v) is 5.91. The molecule has 3 aromatic rings. The van der Waals surface area contributed by atoms with E-state index in [0.717, 1.165) is 17.4 Å². The second kappa shape index (κ2) is 7.73. The SMILES string of the molecule is CCOC(=O)C1=C(N)Oc2c(c(=O)sc3ccccc23)[C@@H]1c1ccccc1C(F)(F)F. The predicted molar refractivity (Wildman–Crippen MR) is 110 cm³/mol. The topological polar surface area (TPSA) is 78.6 Å². The largest absolute Gasteiger partial charge is 0.462 e. The minimum Gasteiger partial charge on any atom is -0.462 e. The fourth-order valence-electron chi connectivity index (χ4n) is 3.69. The quantitative estimate of drug-likeness (QED) is 0.597. The van der Waals surface area contributed by atoms with Crippen LogP contribution < -0.4 is 15.2 Å². The number of rotatable bonds is 3. The van der Waals surface area contributed by atoms with Crippen LogP contribution in [0.15, 0.2) is 64.8 Å². The van der Waals surface area contributed by atoms with Gasteiger partial charge in [0, 0.05) is 10.1 Å². The van der Waals surface area contributed by atoms with Crippen molar-refractivity contribution in [2.24, 2.45) is 5.73 Å². The third-order valence-electron chi connectivity index (χ3n) is 4.93. The standard InChI is InChI=1S/C22H16F3NO4S/c1-2-29-20(27)17-15(11-7-3-5-9-13(11)22(23,24)25)16-18(30-19(17)26)12-8-4-6-10-14(12)31-21(16)28/h3-10,15H,2,26H2,1H3/t15-/m0/s1. The Hall–Kier alpha value is -3.33. The average molecular weight is 447 g/mol. The van der Waals surface area contributed by atoms with Crippen molar-refractivity contribution in [1.29, 1.82) is 0 Å². The maximum atomic E-state index is 13.8. The summed E-state index contributed by atoms with van der Waals surface area (Å²) in [6.07, 6.45) is -4.72. The van der Waals surface area contributed by atoms with E-state index < -0.39 is 34.3 Å². The van der Waals surface area contributed by atoms with Crippen LogP contribution in [0.5, 0.6) is 5.75 Å². The number of carbonyl (C=O) groups is 1. The van der Waals surface area contributed by atoms with E-state index in [0.29, 0.717) is 10.1 Å². The number of alkyl halides is 3. The highest BCUT2D eigenvalue weighted by atomic mass is 32.1. The van der Waals surface area contributed by atoms with Crippen LogP contribution in [0.2, 0.25) is 0 Å². The van der Waals surface area contributed by atoms with E-state index >= 15 is 0 Å². The maximum absolute atomic E-state index is 13.8. The van der Waals surface area contributed by atoms with Crippen LogP contribution in [-0.4, -0.2) is 12.6 Å². The van der Waals surface area contributed by atoms with Gasteiger partial charge in [-0.2, -0.15) is 13.2 Å². The molecule has 0 fully saturated rings. The first-order valence-corrected chi connectivity index (χ1v) is 10.1. The van der Waals surface area contributed by atoms with Crippen LogP contribution in [0.4, 0.5) is 13.2 Å². The number of nitrogens with two attached hydrogens (primary N) is 1. The Morgan fingerprint density at radius 1 is 1.16 bits per heavy atom. The van der Waals surface area contributed by atoms with Crippen LogP contribution in [0, 0.1) is 0 Å². The lowest BCUT2D eigenvalue weighted by Gasteiger charge is -2.29. The van der Waals surface area contributed by atoms with E-state index in [9.17, 15) is 22.8 Å². The van der Waals surface area contributed by atoms with Crippen molar-refractivity contribution in [1.82, 2.24) is 0 Å². The summed E-state index contributed by atoms with van der Waals surface area (Å²) < 4.78 is 52.3. The van der Waals surface area contributed by atoms with Gasteiger partial charge in [-0.15, -0.1) is 0 Å². The summed E-state index contributed by atoms with van der Waals surface area (Å²) in [7, 11) is 0. The molecule has 2 aromatic carbocycles. The first-order valence-electron chi connectivity index (χ1n) is 9.30. The lowest BCUT2D eigenvalue weighted by molar-refractivity contribution is -0.140. The van der Waals surface area contributed by atoms with Crippen molar-refractivity contribution >= 4 is 27.4 Å². The fourth-order valence-corrected chi connectivity index (χ4v) is 4.63. The van der Waals surface area contributed by atoms with Crippen LogP contribution in [0.1, 0.15) is 29.5 Å². The number of fused-ring (bicyclic) bond motifs is 3. The van der Waals surface area contributed by atoms with Gasteiger partial charge in [0.05, 0.1) is 23.7 Å². The summed E-state index contributed by atoms with van der Waals surface area (Å²) >= 11 is 0.864. The Kier molecular flexibility index (Phi) is 5.22. The van der Waals surface area contributed by atoms with Gasteiger partial charge < -0.3 is 15.2 Å². The molecule has 31 heavy (non-hydrogen) atoms. The minimum atomic E-state index is -4.72. The molecule has 9 heteroatoms. The Bertz CT molecular complexity index is 1280. The van der Waals surface area contributed by atoms with E-state index in [2.05, 4.69) is 0 Å². The number of carbonyl (C=O) groups excluding carboxylic acids is 1. The number of halogens is 3. The molecule has 1 aromatic heterocycles. The second-order valence-corrected chi connectivity index (χ2v) is 7.76. The molecule has 0 bridgehead atoms. The van der Waals surface area contributed by atoms with Gasteiger partial charge >= 0.3 is 12.1 Å². The summed E-state index contributed by atoms with van der Waals surface area (Å²) in [6.45, 7) is 1.53. The Balaban J connectivity index is 2.10. The van der Waals surface area contributed by atoms with Gasteiger partial charge in [-0.25, -0.2) is 4.79 Å². The molecule has 2 heterocycles. The third kappa shape index (κ3) is 3.54. The van der Waals surface area contributed by atoms with Crippen LogP contribution in [-0.2, 0) is 15.7 Å². The summed E-state index contributed by atoms with van der Waals surface area (Å²) in [4.78, 5) is 25.8. The van der Waals surface area contributed by atoms with E-state index in [1.165, 1.54) is 18.2 Å². The molecule has 160 valence electrons. The van der Waals surface area contributed by atoms with Gasteiger partial charge in [0.25, 0.3) is 0 Å². The zero-order chi connectivity index (χ0) is 22.3. The zero-order valence-corrected chi connectivity index (χ0v) is 17.0.